The molecule has 0 radical (unpaired) electrons. The molecule has 0 heterocycles. The van der Waals surface area contributed by atoms with Crippen LogP contribution in [-0.2, 0) is 14.9 Å². The Morgan fingerprint density at radius 2 is 2.06 bits per heavy atom. The van der Waals surface area contributed by atoms with E-state index in [4.69, 9.17) is 4.55 Å². The van der Waals surface area contributed by atoms with Gasteiger partial charge in [-0.1, -0.05) is 36.4 Å². The van der Waals surface area contributed by atoms with Crippen LogP contribution in [0, 0.1) is 16.7 Å². The summed E-state index contributed by atoms with van der Waals surface area (Å²) in [5, 5.41) is 0. The lowest BCUT2D eigenvalue weighted by Gasteiger charge is -2.35. The maximum Gasteiger partial charge on any atom is 0.265 e. The van der Waals surface area contributed by atoms with E-state index in [1.807, 2.05) is 13.8 Å². The van der Waals surface area contributed by atoms with Crippen molar-refractivity contribution in [3.05, 3.63) is 0 Å². The fourth-order valence-electron chi connectivity index (χ4n) is 3.48. The second kappa shape index (κ2) is 3.41. The molecular formula is C10H15IO4S. The predicted molar refractivity (Wildman–Crippen MR) is 68.2 cm³/mol. The van der Waals surface area contributed by atoms with E-state index in [0.717, 1.165) is 6.42 Å². The van der Waals surface area contributed by atoms with Gasteiger partial charge in [0.05, 0.1) is 15.1 Å². The molecule has 0 aromatic rings. The third-order valence-electron chi connectivity index (χ3n) is 4.55. The van der Waals surface area contributed by atoms with Gasteiger partial charge in [0, 0.05) is 0 Å². The van der Waals surface area contributed by atoms with Crippen molar-refractivity contribution in [1.29, 1.82) is 0 Å². The minimum atomic E-state index is -4.10. The van der Waals surface area contributed by atoms with E-state index in [-0.39, 0.29) is 21.0 Å². The third kappa shape index (κ3) is 1.49. The highest BCUT2D eigenvalue weighted by Gasteiger charge is 2.68. The van der Waals surface area contributed by atoms with Crippen LogP contribution in [0.4, 0.5) is 0 Å². The zero-order valence-electron chi connectivity index (χ0n) is 9.23. The van der Waals surface area contributed by atoms with Crippen LogP contribution >= 0.6 is 22.6 Å². The molecule has 1 N–H and O–H groups in total. The molecule has 6 heteroatoms. The molecule has 3 atom stereocenters. The lowest BCUT2D eigenvalue weighted by atomic mass is 9.70. The Kier molecular flexibility index (Phi) is 2.72. The Bertz CT molecular complexity index is 442. The fourth-order valence-corrected chi connectivity index (χ4v) is 6.62. The highest BCUT2D eigenvalue weighted by atomic mass is 127. The van der Waals surface area contributed by atoms with E-state index in [9.17, 15) is 13.2 Å². The van der Waals surface area contributed by atoms with Gasteiger partial charge < -0.3 is 0 Å². The fraction of sp³-hybridized carbons (Fsp3) is 0.900. The van der Waals surface area contributed by atoms with E-state index >= 15 is 0 Å². The van der Waals surface area contributed by atoms with Crippen LogP contribution in [0.3, 0.4) is 0 Å². The first kappa shape index (κ1) is 12.8. The number of rotatable bonds is 2. The minimum Gasteiger partial charge on any atom is -0.298 e. The van der Waals surface area contributed by atoms with Crippen molar-refractivity contribution in [1.82, 2.24) is 0 Å². The van der Waals surface area contributed by atoms with E-state index in [1.165, 1.54) is 0 Å². The van der Waals surface area contributed by atoms with E-state index in [0.29, 0.717) is 6.42 Å². The average Bonchev–Trinajstić information content (AvgIpc) is 2.39. The molecule has 0 aromatic carbocycles. The van der Waals surface area contributed by atoms with Gasteiger partial charge in [0.1, 0.15) is 0 Å². The largest absolute Gasteiger partial charge is 0.298 e. The van der Waals surface area contributed by atoms with Gasteiger partial charge in [-0.25, -0.2) is 0 Å². The summed E-state index contributed by atoms with van der Waals surface area (Å²) in [5.74, 6) is -0.170. The van der Waals surface area contributed by atoms with Gasteiger partial charge >= 0.3 is 0 Å². The summed E-state index contributed by atoms with van der Waals surface area (Å²) >= 11 is 2.11. The molecule has 2 aliphatic rings. The molecule has 2 rings (SSSR count). The Labute approximate surface area is 109 Å². The summed E-state index contributed by atoms with van der Waals surface area (Å²) in [7, 11) is -4.10. The van der Waals surface area contributed by atoms with E-state index in [1.54, 1.807) is 0 Å². The molecule has 0 aliphatic heterocycles. The number of fused-ring (bicyclic) bond motifs is 2. The van der Waals surface area contributed by atoms with Crippen LogP contribution in [0.15, 0.2) is 0 Å². The number of hydrogen-bond donors (Lipinski definition) is 1. The van der Waals surface area contributed by atoms with Crippen molar-refractivity contribution in [2.75, 3.05) is 5.75 Å². The molecule has 2 saturated carbocycles. The first-order valence-electron chi connectivity index (χ1n) is 5.25. The van der Waals surface area contributed by atoms with Gasteiger partial charge in [0.25, 0.3) is 10.1 Å². The number of halogens is 1. The molecule has 2 aliphatic carbocycles. The van der Waals surface area contributed by atoms with Crippen LogP contribution in [0.1, 0.15) is 26.7 Å². The summed E-state index contributed by atoms with van der Waals surface area (Å²) in [6.45, 7) is 3.90. The smallest absolute Gasteiger partial charge is 0.265 e. The number of carbonyl (C=O) groups is 1. The lowest BCUT2D eigenvalue weighted by molar-refractivity contribution is -0.127. The van der Waals surface area contributed by atoms with Crippen LogP contribution < -0.4 is 0 Å². The summed E-state index contributed by atoms with van der Waals surface area (Å²) in [6, 6.07) is 0. The van der Waals surface area contributed by atoms with Crippen LogP contribution in [0.5, 0.6) is 0 Å². The number of carbonyl (C=O) groups excluding carboxylic acids is 1. The second-order valence-electron chi connectivity index (χ2n) is 5.44. The predicted octanol–water partition coefficient (Wildman–Crippen LogP) is 1.68. The third-order valence-corrected chi connectivity index (χ3v) is 6.84. The summed E-state index contributed by atoms with van der Waals surface area (Å²) in [4.78, 5) is 12.2. The number of alkyl halides is 1. The van der Waals surface area contributed by atoms with Gasteiger partial charge in [-0.3, -0.25) is 9.35 Å². The van der Waals surface area contributed by atoms with E-state index < -0.39 is 21.3 Å². The highest BCUT2D eigenvalue weighted by Crippen LogP contribution is 2.65. The van der Waals surface area contributed by atoms with E-state index in [2.05, 4.69) is 22.6 Å². The van der Waals surface area contributed by atoms with Gasteiger partial charge in [-0.05, 0) is 24.2 Å². The topological polar surface area (TPSA) is 71.4 Å². The average molecular weight is 358 g/mol. The summed E-state index contributed by atoms with van der Waals surface area (Å²) < 4.78 is 31.2. The van der Waals surface area contributed by atoms with Crippen LogP contribution in [-0.4, -0.2) is 28.4 Å². The van der Waals surface area contributed by atoms with Crippen molar-refractivity contribution in [3.63, 3.8) is 0 Å². The molecule has 0 spiro atoms. The molecule has 16 heavy (non-hydrogen) atoms. The summed E-state index contributed by atoms with van der Waals surface area (Å²) in [6.07, 6.45) is 1.46. The molecule has 0 amide bonds. The summed E-state index contributed by atoms with van der Waals surface area (Å²) in [5.41, 5.74) is -1.19. The van der Waals surface area contributed by atoms with Crippen molar-refractivity contribution >= 4 is 38.5 Å². The SMILES string of the molecule is CC1(C)C2CCC1(CS(=O)(=O)O)C(=O)C2I. The first-order valence-corrected chi connectivity index (χ1v) is 8.11. The van der Waals surface area contributed by atoms with Crippen LogP contribution in [0.25, 0.3) is 0 Å². The quantitative estimate of drug-likeness (QED) is 0.463. The van der Waals surface area contributed by atoms with Crippen molar-refractivity contribution in [3.8, 4) is 0 Å². The lowest BCUT2D eigenvalue weighted by Crippen LogP contribution is -2.43. The van der Waals surface area contributed by atoms with Crippen molar-refractivity contribution in [2.45, 2.75) is 30.6 Å². The Balaban J connectivity index is 2.50. The van der Waals surface area contributed by atoms with Gasteiger partial charge in [-0.15, -0.1) is 0 Å². The Morgan fingerprint density at radius 1 is 1.50 bits per heavy atom. The molecule has 2 fully saturated rings. The molecule has 0 saturated heterocycles. The standard InChI is InChI=1S/C10H15IO4S/c1-9(2)6-3-4-10(9,5-16(13,14)15)8(12)7(6)11/h6-7H,3-5H2,1-2H3,(H,13,14,15). The highest BCUT2D eigenvalue weighted by molar-refractivity contribution is 14.1. The van der Waals surface area contributed by atoms with Crippen LogP contribution in [0.2, 0.25) is 0 Å². The maximum absolute atomic E-state index is 12.2. The number of hydrogen-bond acceptors (Lipinski definition) is 3. The number of Topliss-reactive ketones (excluding diaryl/α,β-unsaturated/α-hetero) is 1. The Hall–Kier alpha value is 0.310. The molecule has 0 aromatic heterocycles. The Morgan fingerprint density at radius 3 is 2.44 bits per heavy atom. The first-order chi connectivity index (χ1) is 7.12. The van der Waals surface area contributed by atoms with Crippen molar-refractivity contribution in [2.24, 2.45) is 16.7 Å². The molecule has 2 bridgehead atoms. The van der Waals surface area contributed by atoms with Gasteiger partial charge in [0.15, 0.2) is 5.78 Å². The molecule has 4 nitrogen and oxygen atoms in total. The van der Waals surface area contributed by atoms with Gasteiger partial charge in [0.2, 0.25) is 0 Å². The normalized spacial score (nSPS) is 41.6. The molecular weight excluding hydrogens is 343 g/mol. The number of ketones is 1. The second-order valence-corrected chi connectivity index (χ2v) is 8.24. The maximum atomic E-state index is 12.2. The monoisotopic (exact) mass is 358 g/mol. The van der Waals surface area contributed by atoms with Gasteiger partial charge in [-0.2, -0.15) is 8.42 Å². The minimum absolute atomic E-state index is 0.00646. The zero-order chi connectivity index (χ0) is 12.4. The molecule has 92 valence electrons. The van der Waals surface area contributed by atoms with Crippen molar-refractivity contribution < 1.29 is 17.8 Å². The molecule has 3 unspecified atom stereocenters. The zero-order valence-corrected chi connectivity index (χ0v) is 12.2.